The van der Waals surface area contributed by atoms with Crippen molar-refractivity contribution in [1.82, 2.24) is 0 Å². The zero-order chi connectivity index (χ0) is 11.0. The average molecular weight is 221 g/mol. The second-order valence-electron chi connectivity index (χ2n) is 3.50. The second kappa shape index (κ2) is 7.36. The molecule has 0 unspecified atom stereocenters. The summed E-state index contributed by atoms with van der Waals surface area (Å²) in [4.78, 5) is 0. The summed E-state index contributed by atoms with van der Waals surface area (Å²) in [6, 6.07) is 0.843. The summed E-state index contributed by atoms with van der Waals surface area (Å²) in [5.74, 6) is 0. The molecule has 0 spiro atoms. The van der Waals surface area contributed by atoms with E-state index in [1.807, 2.05) is 13.8 Å². The van der Waals surface area contributed by atoms with Gasteiger partial charge in [-0.2, -0.15) is 0 Å². The molecular weight excluding hydrogens is 198 g/mol. The molecule has 0 bridgehead atoms. The fourth-order valence-electron chi connectivity index (χ4n) is 1.29. The van der Waals surface area contributed by atoms with Crippen molar-refractivity contribution in [2.75, 3.05) is 20.8 Å². The standard InChI is InChI=1S/C9H23NO3Si/c1-9(2)13-14(11-3,12-4)8-6-5-7-10/h9H,5-8,10H2,1-4H3. The van der Waals surface area contributed by atoms with Crippen LogP contribution in [0.5, 0.6) is 0 Å². The number of hydrogen-bond acceptors (Lipinski definition) is 4. The highest BCUT2D eigenvalue weighted by Gasteiger charge is 2.39. The minimum atomic E-state index is -2.40. The van der Waals surface area contributed by atoms with Crippen molar-refractivity contribution in [3.8, 4) is 0 Å². The minimum absolute atomic E-state index is 0.138. The molecule has 2 N–H and O–H groups in total. The summed E-state index contributed by atoms with van der Waals surface area (Å²) in [6.07, 6.45) is 2.12. The van der Waals surface area contributed by atoms with Crippen LogP contribution in [0.2, 0.25) is 6.04 Å². The van der Waals surface area contributed by atoms with Crippen LogP contribution in [0, 0.1) is 0 Å². The highest BCUT2D eigenvalue weighted by Crippen LogP contribution is 2.18. The number of unbranched alkanes of at least 4 members (excludes halogenated alkanes) is 1. The van der Waals surface area contributed by atoms with Gasteiger partial charge in [0.05, 0.1) is 0 Å². The molecule has 0 aliphatic rings. The van der Waals surface area contributed by atoms with Crippen molar-refractivity contribution in [2.24, 2.45) is 5.73 Å². The molecule has 0 saturated carbocycles. The highest BCUT2D eigenvalue weighted by molar-refractivity contribution is 6.60. The Morgan fingerprint density at radius 3 is 2.07 bits per heavy atom. The Labute approximate surface area is 88.1 Å². The zero-order valence-electron chi connectivity index (χ0n) is 9.71. The maximum atomic E-state index is 5.74. The lowest BCUT2D eigenvalue weighted by atomic mass is 10.3. The van der Waals surface area contributed by atoms with Crippen LogP contribution >= 0.6 is 0 Å². The summed E-state index contributed by atoms with van der Waals surface area (Å²) < 4.78 is 16.5. The third-order valence-electron chi connectivity index (χ3n) is 1.97. The summed E-state index contributed by atoms with van der Waals surface area (Å²) in [7, 11) is 0.907. The Hall–Kier alpha value is 0.0569. The Kier molecular flexibility index (Phi) is 7.39. The van der Waals surface area contributed by atoms with Crippen LogP contribution in [0.1, 0.15) is 26.7 Å². The molecule has 0 aliphatic carbocycles. The second-order valence-corrected chi connectivity index (χ2v) is 6.42. The maximum absolute atomic E-state index is 5.74. The summed E-state index contributed by atoms with van der Waals surface area (Å²) in [6.45, 7) is 4.69. The molecule has 0 aromatic carbocycles. The average Bonchev–Trinajstić information content (AvgIpc) is 2.16. The molecule has 14 heavy (non-hydrogen) atoms. The van der Waals surface area contributed by atoms with Crippen molar-refractivity contribution < 1.29 is 13.3 Å². The summed E-state index contributed by atoms with van der Waals surface area (Å²) in [5, 5.41) is 0. The fraction of sp³-hybridized carbons (Fsp3) is 1.00. The van der Waals surface area contributed by atoms with Gasteiger partial charge in [-0.3, -0.25) is 0 Å². The predicted octanol–water partition coefficient (Wildman–Crippen LogP) is 1.38. The molecule has 0 saturated heterocycles. The minimum Gasteiger partial charge on any atom is -0.377 e. The molecule has 0 aromatic rings. The summed E-state index contributed by atoms with van der Waals surface area (Å²) in [5.41, 5.74) is 5.44. The lowest BCUT2D eigenvalue weighted by molar-refractivity contribution is 0.0694. The van der Waals surface area contributed by atoms with Crippen LogP contribution < -0.4 is 5.73 Å². The van der Waals surface area contributed by atoms with Crippen LogP contribution in [-0.4, -0.2) is 35.7 Å². The van der Waals surface area contributed by atoms with E-state index in [1.165, 1.54) is 0 Å². The molecular formula is C9H23NO3Si. The van der Waals surface area contributed by atoms with Gasteiger partial charge in [0.15, 0.2) is 0 Å². The van der Waals surface area contributed by atoms with E-state index in [1.54, 1.807) is 14.2 Å². The van der Waals surface area contributed by atoms with Crippen molar-refractivity contribution >= 4 is 8.80 Å². The molecule has 0 rings (SSSR count). The van der Waals surface area contributed by atoms with Crippen molar-refractivity contribution in [2.45, 2.75) is 38.8 Å². The molecule has 0 aliphatic heterocycles. The Balaban J connectivity index is 4.07. The van der Waals surface area contributed by atoms with Crippen LogP contribution in [0.3, 0.4) is 0 Å². The number of rotatable bonds is 8. The number of nitrogens with two attached hydrogens (primary N) is 1. The van der Waals surface area contributed by atoms with Gasteiger partial charge in [-0.15, -0.1) is 0 Å². The van der Waals surface area contributed by atoms with E-state index in [0.29, 0.717) is 6.54 Å². The van der Waals surface area contributed by atoms with Crippen LogP contribution in [0.15, 0.2) is 0 Å². The van der Waals surface area contributed by atoms with Crippen LogP contribution in [0.4, 0.5) is 0 Å². The Bertz CT molecular complexity index is 140. The van der Waals surface area contributed by atoms with Crippen LogP contribution in [0.25, 0.3) is 0 Å². The van der Waals surface area contributed by atoms with Gasteiger partial charge in [0.25, 0.3) is 0 Å². The number of hydrogen-bond donors (Lipinski definition) is 1. The van der Waals surface area contributed by atoms with Gasteiger partial charge in [0.1, 0.15) is 0 Å². The van der Waals surface area contributed by atoms with E-state index < -0.39 is 8.80 Å². The fourth-order valence-corrected chi connectivity index (χ4v) is 3.57. The van der Waals surface area contributed by atoms with Gasteiger partial charge in [-0.25, -0.2) is 0 Å². The van der Waals surface area contributed by atoms with E-state index in [4.69, 9.17) is 19.0 Å². The monoisotopic (exact) mass is 221 g/mol. The largest absolute Gasteiger partial charge is 0.500 e. The van der Waals surface area contributed by atoms with Gasteiger partial charge in [0.2, 0.25) is 0 Å². The van der Waals surface area contributed by atoms with E-state index in [0.717, 1.165) is 18.9 Å². The molecule has 0 radical (unpaired) electrons. The van der Waals surface area contributed by atoms with E-state index >= 15 is 0 Å². The third-order valence-corrected chi connectivity index (χ3v) is 5.01. The maximum Gasteiger partial charge on any atom is 0.500 e. The van der Waals surface area contributed by atoms with E-state index in [9.17, 15) is 0 Å². The smallest absolute Gasteiger partial charge is 0.377 e. The predicted molar refractivity (Wildman–Crippen MR) is 59.1 cm³/mol. The third kappa shape index (κ3) is 5.07. The molecule has 0 aromatic heterocycles. The van der Waals surface area contributed by atoms with Crippen molar-refractivity contribution in [3.63, 3.8) is 0 Å². The molecule has 0 heterocycles. The Morgan fingerprint density at radius 1 is 1.14 bits per heavy atom. The summed E-state index contributed by atoms with van der Waals surface area (Å²) >= 11 is 0. The van der Waals surface area contributed by atoms with E-state index in [-0.39, 0.29) is 6.10 Å². The molecule has 0 atom stereocenters. The van der Waals surface area contributed by atoms with Gasteiger partial charge >= 0.3 is 8.80 Å². The molecule has 86 valence electrons. The van der Waals surface area contributed by atoms with Crippen molar-refractivity contribution in [1.29, 1.82) is 0 Å². The first-order valence-electron chi connectivity index (χ1n) is 5.08. The molecule has 4 nitrogen and oxygen atoms in total. The van der Waals surface area contributed by atoms with Gasteiger partial charge in [0, 0.05) is 26.4 Å². The lowest BCUT2D eigenvalue weighted by Gasteiger charge is -2.28. The normalized spacial score (nSPS) is 12.4. The molecule has 0 amide bonds. The lowest BCUT2D eigenvalue weighted by Crippen LogP contribution is -2.45. The molecule has 0 fully saturated rings. The first-order valence-corrected chi connectivity index (χ1v) is 7.01. The van der Waals surface area contributed by atoms with E-state index in [2.05, 4.69) is 0 Å². The topological polar surface area (TPSA) is 53.7 Å². The Morgan fingerprint density at radius 2 is 1.71 bits per heavy atom. The SMILES string of the molecule is CO[Si](CCCCN)(OC)OC(C)C. The first-order chi connectivity index (χ1) is 6.60. The van der Waals surface area contributed by atoms with Gasteiger partial charge < -0.3 is 19.0 Å². The van der Waals surface area contributed by atoms with Gasteiger partial charge in [-0.05, 0) is 33.2 Å². The highest BCUT2D eigenvalue weighted by atomic mass is 28.4. The zero-order valence-corrected chi connectivity index (χ0v) is 10.7. The molecule has 5 heteroatoms. The van der Waals surface area contributed by atoms with Crippen molar-refractivity contribution in [3.05, 3.63) is 0 Å². The van der Waals surface area contributed by atoms with Crippen LogP contribution in [-0.2, 0) is 13.3 Å². The first kappa shape index (κ1) is 14.1. The quantitative estimate of drug-likeness (QED) is 0.497. The van der Waals surface area contributed by atoms with Gasteiger partial charge in [-0.1, -0.05) is 0 Å².